The molecule has 0 radical (unpaired) electrons. The minimum Gasteiger partial charge on any atom is -0.207 e. The lowest BCUT2D eigenvalue weighted by atomic mass is 9.96. The van der Waals surface area contributed by atoms with Crippen LogP contribution >= 0.6 is 27.5 Å². The Morgan fingerprint density at radius 3 is 2.67 bits per heavy atom. The highest BCUT2D eigenvalue weighted by Gasteiger charge is 2.14. The van der Waals surface area contributed by atoms with Gasteiger partial charge < -0.3 is 0 Å². The van der Waals surface area contributed by atoms with E-state index in [0.717, 1.165) is 18.4 Å². The van der Waals surface area contributed by atoms with Gasteiger partial charge in [0.25, 0.3) is 0 Å². The fraction of sp³-hybridized carbons (Fsp3) is 0.500. The molecule has 3 heteroatoms. The van der Waals surface area contributed by atoms with E-state index < -0.39 is 0 Å². The molecule has 2 atom stereocenters. The van der Waals surface area contributed by atoms with Crippen molar-refractivity contribution in [1.82, 2.24) is 0 Å². The number of hydrogen-bond donors (Lipinski definition) is 0. The van der Waals surface area contributed by atoms with Crippen molar-refractivity contribution in [1.29, 1.82) is 0 Å². The Labute approximate surface area is 104 Å². The number of rotatable bonds is 4. The standard InChI is InChI=1S/C12H15BrClF/c1-3-11(13)8(2)6-9-4-5-10(14)7-12(9)15/h4-5,7-8,11H,3,6H2,1-2H3. The number of alkyl halides is 1. The van der Waals surface area contributed by atoms with Crippen molar-refractivity contribution >= 4 is 27.5 Å². The quantitative estimate of drug-likeness (QED) is 0.697. The van der Waals surface area contributed by atoms with Crippen LogP contribution in [0.3, 0.4) is 0 Å². The highest BCUT2D eigenvalue weighted by atomic mass is 79.9. The molecular weight excluding hydrogens is 278 g/mol. The molecule has 0 bridgehead atoms. The summed E-state index contributed by atoms with van der Waals surface area (Å²) in [4.78, 5) is 0.438. The summed E-state index contributed by atoms with van der Waals surface area (Å²) in [6, 6.07) is 4.88. The first-order chi connectivity index (χ1) is 7.04. The van der Waals surface area contributed by atoms with Gasteiger partial charge in [-0.2, -0.15) is 0 Å². The van der Waals surface area contributed by atoms with Crippen molar-refractivity contribution in [2.24, 2.45) is 5.92 Å². The second kappa shape index (κ2) is 5.86. The third-order valence-electron chi connectivity index (χ3n) is 2.56. The maximum Gasteiger partial charge on any atom is 0.127 e. The lowest BCUT2D eigenvalue weighted by molar-refractivity contribution is 0.522. The summed E-state index contributed by atoms with van der Waals surface area (Å²) in [5.41, 5.74) is 0.741. The highest BCUT2D eigenvalue weighted by molar-refractivity contribution is 9.09. The molecular formula is C12H15BrClF. The van der Waals surface area contributed by atoms with Crippen LogP contribution in [0.1, 0.15) is 25.8 Å². The van der Waals surface area contributed by atoms with Gasteiger partial charge in [-0.1, -0.05) is 47.4 Å². The molecule has 1 aromatic carbocycles. The van der Waals surface area contributed by atoms with Crippen LogP contribution < -0.4 is 0 Å². The second-order valence-electron chi connectivity index (χ2n) is 3.84. The Hall–Kier alpha value is -0.0800. The summed E-state index contributed by atoms with van der Waals surface area (Å²) >= 11 is 9.28. The lowest BCUT2D eigenvalue weighted by Crippen LogP contribution is -2.13. The van der Waals surface area contributed by atoms with Crippen LogP contribution in [0.2, 0.25) is 5.02 Å². The fourth-order valence-corrected chi connectivity index (χ4v) is 1.91. The first-order valence-corrected chi connectivity index (χ1v) is 6.42. The average molecular weight is 294 g/mol. The number of benzene rings is 1. The van der Waals surface area contributed by atoms with Crippen molar-refractivity contribution < 1.29 is 4.39 Å². The van der Waals surface area contributed by atoms with E-state index in [1.807, 2.05) is 0 Å². The number of halogens is 3. The summed E-state index contributed by atoms with van der Waals surface area (Å²) in [5, 5.41) is 0.454. The highest BCUT2D eigenvalue weighted by Crippen LogP contribution is 2.23. The SMILES string of the molecule is CCC(Br)C(C)Cc1ccc(Cl)cc1F. The van der Waals surface area contributed by atoms with E-state index in [0.29, 0.717) is 15.8 Å². The molecule has 84 valence electrons. The fourth-order valence-electron chi connectivity index (χ4n) is 1.56. The summed E-state index contributed by atoms with van der Waals surface area (Å²) in [6.07, 6.45) is 1.79. The Kier molecular flexibility index (Phi) is 5.07. The smallest absolute Gasteiger partial charge is 0.127 e. The van der Waals surface area contributed by atoms with Crippen molar-refractivity contribution in [3.63, 3.8) is 0 Å². The predicted octanol–water partition coefficient (Wildman–Crippen LogP) is 4.83. The van der Waals surface area contributed by atoms with Crippen LogP contribution in [0.15, 0.2) is 18.2 Å². The molecule has 0 N–H and O–H groups in total. The normalized spacial score (nSPS) is 15.0. The van der Waals surface area contributed by atoms with Crippen molar-refractivity contribution in [3.8, 4) is 0 Å². The topological polar surface area (TPSA) is 0 Å². The molecule has 1 rings (SSSR count). The van der Waals surface area contributed by atoms with Gasteiger partial charge in [-0.05, 0) is 36.5 Å². The molecule has 15 heavy (non-hydrogen) atoms. The molecule has 0 aromatic heterocycles. The summed E-state index contributed by atoms with van der Waals surface area (Å²) in [6.45, 7) is 4.24. The largest absolute Gasteiger partial charge is 0.207 e. The van der Waals surface area contributed by atoms with Gasteiger partial charge in [0.15, 0.2) is 0 Å². The zero-order valence-electron chi connectivity index (χ0n) is 8.93. The van der Waals surface area contributed by atoms with E-state index in [-0.39, 0.29) is 5.82 Å². The van der Waals surface area contributed by atoms with E-state index >= 15 is 0 Å². The first kappa shape index (κ1) is 13.0. The zero-order valence-corrected chi connectivity index (χ0v) is 11.3. The molecule has 0 nitrogen and oxygen atoms in total. The molecule has 0 amide bonds. The van der Waals surface area contributed by atoms with E-state index in [9.17, 15) is 4.39 Å². The molecule has 0 saturated carbocycles. The van der Waals surface area contributed by atoms with Crippen molar-refractivity contribution in [3.05, 3.63) is 34.6 Å². The molecule has 0 aliphatic rings. The van der Waals surface area contributed by atoms with Gasteiger partial charge in [-0.15, -0.1) is 0 Å². The molecule has 0 heterocycles. The van der Waals surface area contributed by atoms with Gasteiger partial charge >= 0.3 is 0 Å². The van der Waals surface area contributed by atoms with E-state index in [1.165, 1.54) is 6.07 Å². The van der Waals surface area contributed by atoms with Crippen LogP contribution in [0, 0.1) is 11.7 Å². The first-order valence-electron chi connectivity index (χ1n) is 5.12. The molecule has 2 unspecified atom stereocenters. The van der Waals surface area contributed by atoms with E-state index in [2.05, 4.69) is 29.8 Å². The Morgan fingerprint density at radius 1 is 1.47 bits per heavy atom. The number of hydrogen-bond acceptors (Lipinski definition) is 0. The molecule has 1 aromatic rings. The Bertz CT molecular complexity index is 327. The van der Waals surface area contributed by atoms with Crippen molar-refractivity contribution in [2.45, 2.75) is 31.5 Å². The van der Waals surface area contributed by atoms with Gasteiger partial charge in [0.2, 0.25) is 0 Å². The van der Waals surface area contributed by atoms with Gasteiger partial charge in [0.05, 0.1) is 0 Å². The van der Waals surface area contributed by atoms with Gasteiger partial charge in [-0.3, -0.25) is 0 Å². The van der Waals surface area contributed by atoms with Crippen LogP contribution in [0.25, 0.3) is 0 Å². The third kappa shape index (κ3) is 3.76. The maximum absolute atomic E-state index is 13.5. The summed E-state index contributed by atoms with van der Waals surface area (Å²) in [5.74, 6) is 0.218. The average Bonchev–Trinajstić information content (AvgIpc) is 2.20. The predicted molar refractivity (Wildman–Crippen MR) is 67.3 cm³/mol. The van der Waals surface area contributed by atoms with Crippen LogP contribution in [-0.2, 0) is 6.42 Å². The third-order valence-corrected chi connectivity index (χ3v) is 4.35. The van der Waals surface area contributed by atoms with Gasteiger partial charge in [0, 0.05) is 9.85 Å². The van der Waals surface area contributed by atoms with Crippen LogP contribution in [0.5, 0.6) is 0 Å². The van der Waals surface area contributed by atoms with E-state index in [4.69, 9.17) is 11.6 Å². The molecule has 0 saturated heterocycles. The lowest BCUT2D eigenvalue weighted by Gasteiger charge is -2.16. The zero-order chi connectivity index (χ0) is 11.4. The van der Waals surface area contributed by atoms with Crippen LogP contribution in [-0.4, -0.2) is 4.83 Å². The Balaban J connectivity index is 2.72. The molecule has 0 aliphatic carbocycles. The van der Waals surface area contributed by atoms with E-state index in [1.54, 1.807) is 12.1 Å². The summed E-state index contributed by atoms with van der Waals surface area (Å²) in [7, 11) is 0. The van der Waals surface area contributed by atoms with Gasteiger partial charge in [-0.25, -0.2) is 4.39 Å². The maximum atomic E-state index is 13.5. The monoisotopic (exact) mass is 292 g/mol. The summed E-state index contributed by atoms with van der Waals surface area (Å²) < 4.78 is 13.5. The molecule has 0 spiro atoms. The molecule has 0 aliphatic heterocycles. The minimum absolute atomic E-state index is 0.204. The van der Waals surface area contributed by atoms with Crippen LogP contribution in [0.4, 0.5) is 4.39 Å². The Morgan fingerprint density at radius 2 is 2.13 bits per heavy atom. The van der Waals surface area contributed by atoms with Gasteiger partial charge in [0.1, 0.15) is 5.82 Å². The minimum atomic E-state index is -0.204. The second-order valence-corrected chi connectivity index (χ2v) is 5.45. The molecule has 0 fully saturated rings. The van der Waals surface area contributed by atoms with Crippen molar-refractivity contribution in [2.75, 3.05) is 0 Å².